The molecule has 0 saturated heterocycles. The number of rotatable bonds is 2. The molecule has 0 fully saturated rings. The molecule has 0 unspecified atom stereocenters. The van der Waals surface area contributed by atoms with Gasteiger partial charge in [-0.1, -0.05) is 42.5 Å². The van der Waals surface area contributed by atoms with E-state index in [2.05, 4.69) is 18.2 Å². The number of non-ortho nitro benzene ring substituents is 1. The van der Waals surface area contributed by atoms with Gasteiger partial charge >= 0.3 is 0 Å². The molecule has 1 aromatic rings. The zero-order valence-corrected chi connectivity index (χ0v) is 10.1. The van der Waals surface area contributed by atoms with Gasteiger partial charge in [-0.05, 0) is 34.4 Å². The van der Waals surface area contributed by atoms with Gasteiger partial charge < -0.3 is 0 Å². The molecule has 0 amide bonds. The molecule has 2 aliphatic carbocycles. The minimum absolute atomic E-state index is 0.116. The summed E-state index contributed by atoms with van der Waals surface area (Å²) in [5.74, 6) is 0. The van der Waals surface area contributed by atoms with E-state index in [1.54, 1.807) is 12.1 Å². The van der Waals surface area contributed by atoms with Crippen molar-refractivity contribution >= 4 is 5.69 Å². The van der Waals surface area contributed by atoms with Crippen molar-refractivity contribution in [2.75, 3.05) is 0 Å². The van der Waals surface area contributed by atoms with Crippen LogP contribution in [0, 0.1) is 10.1 Å². The maximum absolute atomic E-state index is 10.7. The highest BCUT2D eigenvalue weighted by molar-refractivity contribution is 5.86. The molecule has 0 N–H and O–H groups in total. The Balaban J connectivity index is 2.09. The molecule has 3 heteroatoms. The number of hydrogen-bond acceptors (Lipinski definition) is 2. The van der Waals surface area contributed by atoms with Crippen LogP contribution in [0.1, 0.15) is 0 Å². The van der Waals surface area contributed by atoms with Gasteiger partial charge in [0.15, 0.2) is 0 Å². The molecule has 19 heavy (non-hydrogen) atoms. The van der Waals surface area contributed by atoms with Crippen LogP contribution in [0.2, 0.25) is 0 Å². The highest BCUT2D eigenvalue weighted by Gasteiger charge is 2.11. The van der Waals surface area contributed by atoms with Crippen LogP contribution in [-0.4, -0.2) is 4.92 Å². The first-order valence-electron chi connectivity index (χ1n) is 5.98. The molecule has 0 heterocycles. The van der Waals surface area contributed by atoms with E-state index in [1.807, 2.05) is 24.3 Å². The van der Waals surface area contributed by atoms with Gasteiger partial charge in [0.2, 0.25) is 0 Å². The maximum Gasteiger partial charge on any atom is 0.269 e. The lowest BCUT2D eigenvalue weighted by Gasteiger charge is -2.02. The molecule has 0 spiro atoms. The Kier molecular flexibility index (Phi) is 2.72. The molecule has 3 rings (SSSR count). The topological polar surface area (TPSA) is 43.1 Å². The van der Waals surface area contributed by atoms with Gasteiger partial charge in [0.05, 0.1) is 4.92 Å². The van der Waals surface area contributed by atoms with E-state index in [0.717, 1.165) is 16.7 Å². The fourth-order valence-electron chi connectivity index (χ4n) is 2.23. The van der Waals surface area contributed by atoms with Crippen LogP contribution in [0.5, 0.6) is 0 Å². The van der Waals surface area contributed by atoms with E-state index in [4.69, 9.17) is 0 Å². The van der Waals surface area contributed by atoms with Gasteiger partial charge in [-0.25, -0.2) is 0 Å². The molecule has 2 aliphatic rings. The number of nitrogens with zero attached hydrogens (tertiary/aromatic N) is 1. The average molecular weight is 249 g/mol. The van der Waals surface area contributed by atoms with Crippen molar-refractivity contribution in [2.24, 2.45) is 0 Å². The molecule has 3 nitrogen and oxygen atoms in total. The van der Waals surface area contributed by atoms with Gasteiger partial charge in [0.1, 0.15) is 0 Å². The molecule has 1 aromatic carbocycles. The number of fused-ring (bicyclic) bond motifs is 1. The van der Waals surface area contributed by atoms with Gasteiger partial charge in [-0.3, -0.25) is 10.1 Å². The van der Waals surface area contributed by atoms with E-state index in [1.165, 1.54) is 17.7 Å². The van der Waals surface area contributed by atoms with Crippen molar-refractivity contribution in [3.8, 4) is 22.3 Å². The Labute approximate surface area is 110 Å². The Morgan fingerprint density at radius 3 is 2.00 bits per heavy atom. The van der Waals surface area contributed by atoms with Crippen molar-refractivity contribution in [1.29, 1.82) is 0 Å². The smallest absolute Gasteiger partial charge is 0.258 e. The highest BCUT2D eigenvalue weighted by Crippen LogP contribution is 2.35. The number of hydrogen-bond donors (Lipinski definition) is 0. The third-order valence-corrected chi connectivity index (χ3v) is 3.18. The monoisotopic (exact) mass is 249 g/mol. The third-order valence-electron chi connectivity index (χ3n) is 3.18. The summed E-state index contributed by atoms with van der Waals surface area (Å²) in [6.07, 6.45) is 0. The van der Waals surface area contributed by atoms with Crippen LogP contribution >= 0.6 is 0 Å². The van der Waals surface area contributed by atoms with Crippen molar-refractivity contribution in [3.63, 3.8) is 0 Å². The van der Waals surface area contributed by atoms with Crippen LogP contribution in [0.4, 0.5) is 5.69 Å². The van der Waals surface area contributed by atoms with Crippen LogP contribution in [-0.2, 0) is 0 Å². The highest BCUT2D eigenvalue weighted by atomic mass is 16.6. The van der Waals surface area contributed by atoms with Crippen LogP contribution in [0.15, 0.2) is 66.7 Å². The van der Waals surface area contributed by atoms with Gasteiger partial charge in [0, 0.05) is 12.1 Å². The fourth-order valence-corrected chi connectivity index (χ4v) is 2.23. The Hall–Kier alpha value is -2.68. The first-order valence-corrected chi connectivity index (χ1v) is 5.98. The summed E-state index contributed by atoms with van der Waals surface area (Å²) >= 11 is 0. The first kappa shape index (κ1) is 11.4. The maximum atomic E-state index is 10.7. The molecule has 0 bridgehead atoms. The third kappa shape index (κ3) is 2.06. The molecular weight excluding hydrogens is 238 g/mol. The second-order valence-electron chi connectivity index (χ2n) is 4.33. The number of benzene rings is 1. The standard InChI is InChI=1S/C16H11NO2/c18-17(19)14-9-6-13(7-10-14)16-11-8-12-4-2-1-3-5-15(12)16/h1-11H. The lowest BCUT2D eigenvalue weighted by molar-refractivity contribution is -0.384. The number of nitro benzene ring substituents is 1. The van der Waals surface area contributed by atoms with E-state index < -0.39 is 0 Å². The summed E-state index contributed by atoms with van der Waals surface area (Å²) in [4.78, 5) is 10.3. The molecule has 0 saturated carbocycles. The van der Waals surface area contributed by atoms with Crippen molar-refractivity contribution in [3.05, 3.63) is 76.8 Å². The fraction of sp³-hybridized carbons (Fsp3) is 0. The van der Waals surface area contributed by atoms with E-state index in [9.17, 15) is 10.1 Å². The van der Waals surface area contributed by atoms with Gasteiger partial charge in [0.25, 0.3) is 5.69 Å². The largest absolute Gasteiger partial charge is 0.269 e. The SMILES string of the molecule is O=[N+]([O-])c1ccc(-c2ccc3cccccc2-3)cc1. The second kappa shape index (κ2) is 4.53. The molecule has 0 atom stereocenters. The average Bonchev–Trinajstić information content (AvgIpc) is 2.68. The van der Waals surface area contributed by atoms with Crippen LogP contribution < -0.4 is 0 Å². The summed E-state index contributed by atoms with van der Waals surface area (Å²) in [5.41, 5.74) is 4.52. The van der Waals surface area contributed by atoms with Crippen molar-refractivity contribution in [2.45, 2.75) is 0 Å². The van der Waals surface area contributed by atoms with Crippen molar-refractivity contribution < 1.29 is 4.92 Å². The van der Waals surface area contributed by atoms with Crippen LogP contribution in [0.3, 0.4) is 0 Å². The zero-order valence-electron chi connectivity index (χ0n) is 10.1. The molecule has 0 aromatic heterocycles. The predicted molar refractivity (Wildman–Crippen MR) is 75.2 cm³/mol. The summed E-state index contributed by atoms with van der Waals surface area (Å²) in [6.45, 7) is 0. The first-order chi connectivity index (χ1) is 9.25. The minimum atomic E-state index is -0.382. The predicted octanol–water partition coefficient (Wildman–Crippen LogP) is 4.37. The Morgan fingerprint density at radius 2 is 1.26 bits per heavy atom. The molecule has 0 aliphatic heterocycles. The molecule has 0 radical (unpaired) electrons. The Bertz CT molecular complexity index is 704. The minimum Gasteiger partial charge on any atom is -0.258 e. The van der Waals surface area contributed by atoms with Crippen LogP contribution in [0.25, 0.3) is 22.3 Å². The van der Waals surface area contributed by atoms with Gasteiger partial charge in [-0.2, -0.15) is 0 Å². The van der Waals surface area contributed by atoms with Gasteiger partial charge in [-0.15, -0.1) is 0 Å². The van der Waals surface area contributed by atoms with E-state index in [-0.39, 0.29) is 10.6 Å². The molecular formula is C16H11NO2. The van der Waals surface area contributed by atoms with Crippen molar-refractivity contribution in [1.82, 2.24) is 0 Å². The Morgan fingerprint density at radius 1 is 0.684 bits per heavy atom. The molecule has 92 valence electrons. The summed E-state index contributed by atoms with van der Waals surface area (Å²) in [5, 5.41) is 10.7. The number of nitro groups is 1. The second-order valence-corrected chi connectivity index (χ2v) is 4.33. The lowest BCUT2D eigenvalue weighted by Crippen LogP contribution is -1.87. The normalized spacial score (nSPS) is 10.5. The van der Waals surface area contributed by atoms with E-state index >= 15 is 0 Å². The summed E-state index contributed by atoms with van der Waals surface area (Å²) in [6, 6.07) is 20.9. The summed E-state index contributed by atoms with van der Waals surface area (Å²) in [7, 11) is 0. The quantitative estimate of drug-likeness (QED) is 0.500. The zero-order chi connectivity index (χ0) is 13.2. The lowest BCUT2D eigenvalue weighted by atomic mass is 10.0. The summed E-state index contributed by atoms with van der Waals surface area (Å²) < 4.78 is 0. The van der Waals surface area contributed by atoms with E-state index in [0.29, 0.717) is 0 Å².